The van der Waals surface area contributed by atoms with Crippen molar-refractivity contribution >= 4 is 0 Å². The lowest BCUT2D eigenvalue weighted by Gasteiger charge is -1.95. The summed E-state index contributed by atoms with van der Waals surface area (Å²) in [4.78, 5) is 0. The lowest BCUT2D eigenvalue weighted by molar-refractivity contribution is 0.609. The van der Waals surface area contributed by atoms with Crippen LogP contribution in [0.3, 0.4) is 0 Å². The molecule has 10 heavy (non-hydrogen) atoms. The lowest BCUT2D eigenvalue weighted by atomic mass is 10.1. The first-order valence-electron chi connectivity index (χ1n) is 3.65. The van der Waals surface area contributed by atoms with E-state index in [0.29, 0.717) is 11.3 Å². The molecule has 0 N–H and O–H groups in total. The van der Waals surface area contributed by atoms with Crippen LogP contribution in [0.4, 0.5) is 0 Å². The van der Waals surface area contributed by atoms with Crippen LogP contribution in [0.25, 0.3) is 0 Å². The van der Waals surface area contributed by atoms with Crippen LogP contribution in [0.1, 0.15) is 27.2 Å². The first-order chi connectivity index (χ1) is 4.56. The smallest absolute Gasteiger partial charge is 0.0940 e. The molecule has 1 aliphatic carbocycles. The van der Waals surface area contributed by atoms with Gasteiger partial charge in [-0.25, -0.2) is 0 Å². The molecule has 0 spiro atoms. The van der Waals surface area contributed by atoms with Gasteiger partial charge >= 0.3 is 0 Å². The van der Waals surface area contributed by atoms with Crippen LogP contribution >= 0.6 is 0 Å². The molecule has 1 nitrogen and oxygen atoms in total. The summed E-state index contributed by atoms with van der Waals surface area (Å²) in [5.74, 6) is 0.659. The minimum absolute atomic E-state index is 0.470. The summed E-state index contributed by atoms with van der Waals surface area (Å²) in [5, 5.41) is 8.46. The van der Waals surface area contributed by atoms with Crippen molar-refractivity contribution in [3.8, 4) is 6.07 Å². The highest BCUT2D eigenvalue weighted by Gasteiger charge is 2.43. The molecule has 1 unspecified atom stereocenters. The normalized spacial score (nSPS) is 29.4. The summed E-state index contributed by atoms with van der Waals surface area (Å²) < 4.78 is 0. The summed E-state index contributed by atoms with van der Waals surface area (Å²) in [6.07, 6.45) is 3.33. The second kappa shape index (κ2) is 2.12. The molecule has 0 amide bonds. The van der Waals surface area contributed by atoms with Gasteiger partial charge in [-0.05, 0) is 24.7 Å². The molecule has 0 saturated heterocycles. The van der Waals surface area contributed by atoms with E-state index < -0.39 is 0 Å². The van der Waals surface area contributed by atoms with Gasteiger partial charge in [0.05, 0.1) is 6.07 Å². The zero-order chi connectivity index (χ0) is 7.78. The molecule has 0 heterocycles. The molecule has 0 bridgehead atoms. The van der Waals surface area contributed by atoms with Gasteiger partial charge in [-0.15, -0.1) is 0 Å². The van der Waals surface area contributed by atoms with E-state index in [-0.39, 0.29) is 0 Å². The van der Waals surface area contributed by atoms with Crippen LogP contribution in [0.15, 0.2) is 11.6 Å². The number of rotatable bonds is 1. The van der Waals surface area contributed by atoms with Crippen LogP contribution in [0, 0.1) is 22.7 Å². The van der Waals surface area contributed by atoms with Gasteiger partial charge in [-0.2, -0.15) is 5.26 Å². The monoisotopic (exact) mass is 135 g/mol. The zero-order valence-corrected chi connectivity index (χ0v) is 6.81. The Labute approximate surface area is 62.4 Å². The van der Waals surface area contributed by atoms with Crippen LogP contribution in [-0.4, -0.2) is 0 Å². The van der Waals surface area contributed by atoms with Gasteiger partial charge in [-0.1, -0.05) is 19.9 Å². The van der Waals surface area contributed by atoms with Gasteiger partial charge in [0.25, 0.3) is 0 Å². The number of hydrogen-bond donors (Lipinski definition) is 0. The molecule has 0 radical (unpaired) electrons. The predicted molar refractivity (Wildman–Crippen MR) is 41.3 cm³/mol. The maximum Gasteiger partial charge on any atom is 0.0940 e. The molecular formula is C9H13N. The number of allylic oxidation sites excluding steroid dienone is 2. The lowest BCUT2D eigenvalue weighted by Crippen LogP contribution is -1.86. The molecule has 0 aromatic heterocycles. The van der Waals surface area contributed by atoms with Crippen LogP contribution in [0.2, 0.25) is 0 Å². The molecule has 1 heteroatoms. The second-order valence-electron chi connectivity index (χ2n) is 3.76. The van der Waals surface area contributed by atoms with Crippen molar-refractivity contribution in [2.45, 2.75) is 27.2 Å². The third kappa shape index (κ3) is 1.39. The van der Waals surface area contributed by atoms with Crippen molar-refractivity contribution in [1.82, 2.24) is 0 Å². The third-order valence-electron chi connectivity index (χ3n) is 2.22. The summed E-state index contributed by atoms with van der Waals surface area (Å²) >= 11 is 0. The molecule has 1 saturated carbocycles. The molecule has 0 aliphatic heterocycles. The topological polar surface area (TPSA) is 23.8 Å². The van der Waals surface area contributed by atoms with E-state index in [9.17, 15) is 0 Å². The molecule has 1 aliphatic rings. The van der Waals surface area contributed by atoms with E-state index in [1.807, 2.05) is 6.92 Å². The van der Waals surface area contributed by atoms with Gasteiger partial charge in [-0.3, -0.25) is 0 Å². The minimum atomic E-state index is 0.470. The second-order valence-corrected chi connectivity index (χ2v) is 3.76. The molecule has 1 fully saturated rings. The summed E-state index contributed by atoms with van der Waals surface area (Å²) in [6.45, 7) is 6.34. The Morgan fingerprint density at radius 1 is 1.70 bits per heavy atom. The predicted octanol–water partition coefficient (Wildman–Crippen LogP) is 2.50. The SMILES string of the molecule is CC(C#N)=CC1CC1(C)C. The van der Waals surface area contributed by atoms with Crippen molar-refractivity contribution in [1.29, 1.82) is 5.26 Å². The first kappa shape index (κ1) is 7.34. The molecule has 1 rings (SSSR count). The largest absolute Gasteiger partial charge is 0.193 e. The van der Waals surface area contributed by atoms with Crippen molar-refractivity contribution in [2.75, 3.05) is 0 Å². The first-order valence-corrected chi connectivity index (χ1v) is 3.65. The minimum Gasteiger partial charge on any atom is -0.193 e. The van der Waals surface area contributed by atoms with Crippen LogP contribution in [0.5, 0.6) is 0 Å². The van der Waals surface area contributed by atoms with E-state index in [2.05, 4.69) is 26.0 Å². The highest BCUT2D eigenvalue weighted by Crippen LogP contribution is 2.52. The fourth-order valence-corrected chi connectivity index (χ4v) is 1.13. The van der Waals surface area contributed by atoms with Crippen molar-refractivity contribution in [3.63, 3.8) is 0 Å². The maximum atomic E-state index is 8.46. The van der Waals surface area contributed by atoms with Gasteiger partial charge < -0.3 is 0 Å². The molecule has 0 aromatic carbocycles. The number of hydrogen-bond acceptors (Lipinski definition) is 1. The summed E-state index contributed by atoms with van der Waals surface area (Å²) in [7, 11) is 0. The van der Waals surface area contributed by atoms with Gasteiger partial charge in [0.1, 0.15) is 0 Å². The van der Waals surface area contributed by atoms with Gasteiger partial charge in [0, 0.05) is 5.57 Å². The van der Waals surface area contributed by atoms with Crippen molar-refractivity contribution < 1.29 is 0 Å². The fraction of sp³-hybridized carbons (Fsp3) is 0.667. The van der Waals surface area contributed by atoms with Crippen molar-refractivity contribution in [3.05, 3.63) is 11.6 Å². The maximum absolute atomic E-state index is 8.46. The average Bonchev–Trinajstić information content (AvgIpc) is 2.40. The highest BCUT2D eigenvalue weighted by atomic mass is 14.5. The Morgan fingerprint density at radius 2 is 2.20 bits per heavy atom. The number of nitriles is 1. The highest BCUT2D eigenvalue weighted by molar-refractivity contribution is 5.22. The van der Waals surface area contributed by atoms with Crippen LogP contribution in [-0.2, 0) is 0 Å². The van der Waals surface area contributed by atoms with E-state index in [1.54, 1.807) is 0 Å². The van der Waals surface area contributed by atoms with Gasteiger partial charge in [0.2, 0.25) is 0 Å². The Kier molecular flexibility index (Phi) is 1.56. The Balaban J connectivity index is 2.52. The Hall–Kier alpha value is -0.770. The van der Waals surface area contributed by atoms with E-state index in [4.69, 9.17) is 5.26 Å². The molecule has 1 atom stereocenters. The van der Waals surface area contributed by atoms with Crippen LogP contribution < -0.4 is 0 Å². The molecular weight excluding hydrogens is 122 g/mol. The van der Waals surface area contributed by atoms with E-state index in [1.165, 1.54) is 6.42 Å². The Bertz CT molecular complexity index is 205. The standard InChI is InChI=1S/C9H13N/c1-7(6-10)4-8-5-9(8,2)3/h4,8H,5H2,1-3H3. The third-order valence-corrected chi connectivity index (χ3v) is 2.22. The zero-order valence-electron chi connectivity index (χ0n) is 6.81. The quantitative estimate of drug-likeness (QED) is 0.507. The average molecular weight is 135 g/mol. The summed E-state index contributed by atoms with van der Waals surface area (Å²) in [6, 6.07) is 2.14. The van der Waals surface area contributed by atoms with E-state index >= 15 is 0 Å². The van der Waals surface area contributed by atoms with E-state index in [0.717, 1.165) is 5.57 Å². The van der Waals surface area contributed by atoms with Crippen molar-refractivity contribution in [2.24, 2.45) is 11.3 Å². The van der Waals surface area contributed by atoms with Gasteiger partial charge in [0.15, 0.2) is 0 Å². The molecule has 0 aromatic rings. The fourth-order valence-electron chi connectivity index (χ4n) is 1.13. The molecule has 54 valence electrons. The number of nitrogens with zero attached hydrogens (tertiary/aromatic N) is 1. The Morgan fingerprint density at radius 3 is 2.50 bits per heavy atom. The summed E-state index contributed by atoms with van der Waals surface area (Å²) in [5.41, 5.74) is 1.33.